The predicted octanol–water partition coefficient (Wildman–Crippen LogP) is 3.08. The van der Waals surface area contributed by atoms with E-state index in [1.807, 2.05) is 17.7 Å². The van der Waals surface area contributed by atoms with Gasteiger partial charge in [0.1, 0.15) is 6.04 Å². The SMILES string of the molecule is Cc1cn([C@@H](CC2CCCC2)C(=O)Cl)cn1. The molecule has 0 unspecified atom stereocenters. The van der Waals surface area contributed by atoms with Crippen molar-refractivity contribution in [3.63, 3.8) is 0 Å². The Kier molecular flexibility index (Phi) is 3.64. The third-order valence-corrected chi connectivity index (χ3v) is 3.64. The summed E-state index contributed by atoms with van der Waals surface area (Å²) < 4.78 is 1.85. The number of carbonyl (C=O) groups excluding carboxylic acids is 1. The molecular weight excluding hydrogens is 224 g/mol. The molecule has 0 saturated heterocycles. The van der Waals surface area contributed by atoms with Crippen molar-refractivity contribution in [3.05, 3.63) is 18.2 Å². The molecule has 0 N–H and O–H groups in total. The third-order valence-electron chi connectivity index (χ3n) is 3.38. The van der Waals surface area contributed by atoms with E-state index in [0.29, 0.717) is 5.92 Å². The Hall–Kier alpha value is -0.830. The highest BCUT2D eigenvalue weighted by Crippen LogP contribution is 2.32. The molecule has 3 nitrogen and oxygen atoms in total. The number of rotatable bonds is 4. The van der Waals surface area contributed by atoms with E-state index >= 15 is 0 Å². The molecule has 1 heterocycles. The zero-order valence-electron chi connectivity index (χ0n) is 9.53. The highest BCUT2D eigenvalue weighted by Gasteiger charge is 2.25. The summed E-state index contributed by atoms with van der Waals surface area (Å²) in [5, 5.41) is -0.274. The van der Waals surface area contributed by atoms with Crippen molar-refractivity contribution in [2.45, 2.75) is 45.1 Å². The van der Waals surface area contributed by atoms with Gasteiger partial charge in [0.15, 0.2) is 0 Å². The number of imidazole rings is 1. The molecule has 0 amide bonds. The Balaban J connectivity index is 2.07. The van der Waals surface area contributed by atoms with Crippen molar-refractivity contribution in [2.75, 3.05) is 0 Å². The summed E-state index contributed by atoms with van der Waals surface area (Å²) in [6, 6.07) is -0.231. The second kappa shape index (κ2) is 5.00. The maximum Gasteiger partial charge on any atom is 0.244 e. The van der Waals surface area contributed by atoms with Gasteiger partial charge in [0.25, 0.3) is 0 Å². The maximum absolute atomic E-state index is 11.5. The molecule has 0 aromatic carbocycles. The van der Waals surface area contributed by atoms with Gasteiger partial charge in [-0.2, -0.15) is 0 Å². The average Bonchev–Trinajstić information content (AvgIpc) is 2.84. The van der Waals surface area contributed by atoms with Gasteiger partial charge in [-0.1, -0.05) is 25.7 Å². The van der Waals surface area contributed by atoms with Crippen LogP contribution in [0.3, 0.4) is 0 Å². The van der Waals surface area contributed by atoms with Gasteiger partial charge in [-0.3, -0.25) is 4.79 Å². The van der Waals surface area contributed by atoms with Gasteiger partial charge in [-0.25, -0.2) is 4.98 Å². The number of halogens is 1. The lowest BCUT2D eigenvalue weighted by Gasteiger charge is -2.18. The first-order chi connectivity index (χ1) is 7.66. The second-order valence-electron chi connectivity index (χ2n) is 4.67. The molecule has 1 saturated carbocycles. The Morgan fingerprint density at radius 1 is 1.62 bits per heavy atom. The molecule has 0 aliphatic heterocycles. The topological polar surface area (TPSA) is 34.9 Å². The van der Waals surface area contributed by atoms with E-state index in [1.54, 1.807) is 6.33 Å². The van der Waals surface area contributed by atoms with Gasteiger partial charge in [0, 0.05) is 6.20 Å². The van der Waals surface area contributed by atoms with Crippen molar-refractivity contribution in [1.29, 1.82) is 0 Å². The lowest BCUT2D eigenvalue weighted by Crippen LogP contribution is -2.17. The molecule has 1 aromatic rings. The lowest BCUT2D eigenvalue weighted by atomic mass is 9.99. The van der Waals surface area contributed by atoms with Gasteiger partial charge in [-0.05, 0) is 30.9 Å². The van der Waals surface area contributed by atoms with Crippen LogP contribution in [0.4, 0.5) is 0 Å². The van der Waals surface area contributed by atoms with Crippen molar-refractivity contribution < 1.29 is 4.79 Å². The maximum atomic E-state index is 11.5. The Morgan fingerprint density at radius 3 is 2.81 bits per heavy atom. The minimum absolute atomic E-state index is 0.231. The summed E-state index contributed by atoms with van der Waals surface area (Å²) in [4.78, 5) is 15.6. The molecule has 16 heavy (non-hydrogen) atoms. The summed E-state index contributed by atoms with van der Waals surface area (Å²) in [5.74, 6) is 0.649. The predicted molar refractivity (Wildman–Crippen MR) is 63.4 cm³/mol. The molecule has 0 spiro atoms. The van der Waals surface area contributed by atoms with E-state index in [1.165, 1.54) is 25.7 Å². The van der Waals surface area contributed by atoms with Gasteiger partial charge < -0.3 is 4.57 Å². The van der Waals surface area contributed by atoms with Crippen molar-refractivity contribution >= 4 is 16.8 Å². The van der Waals surface area contributed by atoms with Crippen LogP contribution in [-0.2, 0) is 4.79 Å². The highest BCUT2D eigenvalue weighted by atomic mass is 35.5. The van der Waals surface area contributed by atoms with E-state index in [-0.39, 0.29) is 11.3 Å². The second-order valence-corrected chi connectivity index (χ2v) is 5.04. The largest absolute Gasteiger partial charge is 0.325 e. The molecule has 4 heteroatoms. The fourth-order valence-electron chi connectivity index (χ4n) is 2.50. The Labute approximate surface area is 101 Å². The van der Waals surface area contributed by atoms with Gasteiger partial charge in [0.2, 0.25) is 5.24 Å². The molecule has 1 aliphatic carbocycles. The summed E-state index contributed by atoms with van der Waals surface area (Å²) >= 11 is 5.68. The molecule has 1 fully saturated rings. The number of hydrogen-bond donors (Lipinski definition) is 0. The fraction of sp³-hybridized carbons (Fsp3) is 0.667. The van der Waals surface area contributed by atoms with Crippen molar-refractivity contribution in [3.8, 4) is 0 Å². The summed E-state index contributed by atoms with van der Waals surface area (Å²) in [6.45, 7) is 1.92. The first kappa shape index (κ1) is 11.6. The van der Waals surface area contributed by atoms with Crippen LogP contribution >= 0.6 is 11.6 Å². The number of hydrogen-bond acceptors (Lipinski definition) is 2. The molecule has 0 radical (unpaired) electrons. The van der Waals surface area contributed by atoms with Crippen LogP contribution in [0.1, 0.15) is 43.8 Å². The van der Waals surface area contributed by atoms with Crippen molar-refractivity contribution in [1.82, 2.24) is 9.55 Å². The first-order valence-corrected chi connectivity index (χ1v) is 6.24. The van der Waals surface area contributed by atoms with Crippen LogP contribution in [0, 0.1) is 12.8 Å². The van der Waals surface area contributed by atoms with E-state index in [2.05, 4.69) is 4.98 Å². The number of aromatic nitrogens is 2. The minimum Gasteiger partial charge on any atom is -0.325 e. The smallest absolute Gasteiger partial charge is 0.244 e. The van der Waals surface area contributed by atoms with E-state index in [4.69, 9.17) is 11.6 Å². The van der Waals surface area contributed by atoms with E-state index < -0.39 is 0 Å². The molecule has 2 rings (SSSR count). The van der Waals surface area contributed by atoms with Gasteiger partial charge in [0.05, 0.1) is 12.0 Å². The lowest BCUT2D eigenvalue weighted by molar-refractivity contribution is -0.115. The van der Waals surface area contributed by atoms with Crippen LogP contribution < -0.4 is 0 Å². The average molecular weight is 241 g/mol. The zero-order valence-corrected chi connectivity index (χ0v) is 10.3. The number of nitrogens with zero attached hydrogens (tertiary/aromatic N) is 2. The third kappa shape index (κ3) is 2.64. The van der Waals surface area contributed by atoms with Crippen LogP contribution in [0.15, 0.2) is 12.5 Å². The molecule has 0 bridgehead atoms. The molecule has 1 aliphatic rings. The van der Waals surface area contributed by atoms with Crippen LogP contribution in [0.5, 0.6) is 0 Å². The molecule has 1 atom stereocenters. The normalized spacial score (nSPS) is 18.9. The Bertz CT molecular complexity index is 369. The standard InChI is InChI=1S/C12H17ClN2O/c1-9-7-15(8-14-9)11(12(13)16)6-10-4-2-3-5-10/h7-8,10-11H,2-6H2,1H3/t11-/m0/s1. The van der Waals surface area contributed by atoms with Crippen LogP contribution in [0.25, 0.3) is 0 Å². The molecular formula is C12H17ClN2O. The monoisotopic (exact) mass is 240 g/mol. The van der Waals surface area contributed by atoms with Crippen LogP contribution in [-0.4, -0.2) is 14.8 Å². The van der Waals surface area contributed by atoms with Gasteiger partial charge in [-0.15, -0.1) is 0 Å². The van der Waals surface area contributed by atoms with Crippen LogP contribution in [0.2, 0.25) is 0 Å². The quantitative estimate of drug-likeness (QED) is 0.758. The Morgan fingerprint density at radius 2 is 2.31 bits per heavy atom. The molecule has 88 valence electrons. The minimum atomic E-state index is -0.274. The fourth-order valence-corrected chi connectivity index (χ4v) is 2.71. The first-order valence-electron chi connectivity index (χ1n) is 5.86. The molecule has 1 aromatic heterocycles. The number of aryl methyl sites for hydroxylation is 1. The highest BCUT2D eigenvalue weighted by molar-refractivity contribution is 6.64. The summed E-state index contributed by atoms with van der Waals surface area (Å²) in [6.07, 6.45) is 9.49. The zero-order chi connectivity index (χ0) is 11.5. The number of carbonyl (C=O) groups is 1. The van der Waals surface area contributed by atoms with E-state index in [0.717, 1.165) is 12.1 Å². The van der Waals surface area contributed by atoms with E-state index in [9.17, 15) is 4.79 Å². The van der Waals surface area contributed by atoms with Gasteiger partial charge >= 0.3 is 0 Å². The van der Waals surface area contributed by atoms with Crippen molar-refractivity contribution in [2.24, 2.45) is 5.92 Å². The summed E-state index contributed by atoms with van der Waals surface area (Å²) in [7, 11) is 0. The summed E-state index contributed by atoms with van der Waals surface area (Å²) in [5.41, 5.74) is 0.925.